The summed E-state index contributed by atoms with van der Waals surface area (Å²) in [7, 11) is 0. The lowest BCUT2D eigenvalue weighted by Crippen LogP contribution is -2.53. The van der Waals surface area contributed by atoms with E-state index in [0.717, 1.165) is 28.1 Å². The SMILES string of the molecule is CC(O)(c1ccccc1)c1ccc(C2=NC(c3ccn[nH]3)=C3C=NC=C[N+]23N)cc1. The highest BCUT2D eigenvalue weighted by atomic mass is 16.3. The van der Waals surface area contributed by atoms with Gasteiger partial charge in [-0.25, -0.2) is 0 Å². The Morgan fingerprint density at radius 2 is 1.73 bits per heavy atom. The van der Waals surface area contributed by atoms with E-state index in [4.69, 9.17) is 10.8 Å². The molecule has 0 spiro atoms. The molecule has 2 aromatic carbocycles. The molecule has 2 aliphatic rings. The number of H-pyrrole nitrogens is 1. The van der Waals surface area contributed by atoms with Crippen molar-refractivity contribution in [3.05, 3.63) is 107 Å². The van der Waals surface area contributed by atoms with Crippen molar-refractivity contribution in [3.63, 3.8) is 0 Å². The number of nitrogens with zero attached hydrogens (tertiary/aromatic N) is 4. The lowest BCUT2D eigenvalue weighted by Gasteiger charge is -2.27. The predicted molar refractivity (Wildman–Crippen MR) is 116 cm³/mol. The molecule has 2 aliphatic heterocycles. The number of aromatic nitrogens is 2. The van der Waals surface area contributed by atoms with Gasteiger partial charge in [0.25, 0.3) is 5.84 Å². The van der Waals surface area contributed by atoms with Crippen LogP contribution >= 0.6 is 0 Å². The van der Waals surface area contributed by atoms with Crippen LogP contribution in [0.2, 0.25) is 0 Å². The van der Waals surface area contributed by atoms with Gasteiger partial charge in [-0.05, 0) is 36.2 Å². The number of rotatable bonds is 4. The molecule has 4 N–H and O–H groups in total. The van der Waals surface area contributed by atoms with Gasteiger partial charge in [0.2, 0.25) is 5.70 Å². The molecule has 30 heavy (non-hydrogen) atoms. The van der Waals surface area contributed by atoms with Crippen molar-refractivity contribution >= 4 is 17.7 Å². The number of quaternary nitrogens is 1. The molecular weight excluding hydrogens is 376 g/mol. The Hall–Kier alpha value is -3.65. The van der Waals surface area contributed by atoms with Crippen molar-refractivity contribution in [3.8, 4) is 0 Å². The minimum Gasteiger partial charge on any atom is -0.381 e. The third-order valence-electron chi connectivity index (χ3n) is 5.59. The Balaban J connectivity index is 1.54. The van der Waals surface area contributed by atoms with Crippen molar-refractivity contribution < 1.29 is 9.70 Å². The molecule has 5 rings (SSSR count). The van der Waals surface area contributed by atoms with Crippen molar-refractivity contribution in [1.82, 2.24) is 10.2 Å². The number of hydrogen-bond donors (Lipinski definition) is 3. The zero-order valence-electron chi connectivity index (χ0n) is 16.4. The number of nitrogens with one attached hydrogen (secondary N) is 1. The van der Waals surface area contributed by atoms with E-state index < -0.39 is 5.60 Å². The van der Waals surface area contributed by atoms with Gasteiger partial charge in [-0.1, -0.05) is 42.5 Å². The summed E-state index contributed by atoms with van der Waals surface area (Å²) >= 11 is 0. The van der Waals surface area contributed by atoms with Crippen LogP contribution in [0.3, 0.4) is 0 Å². The highest BCUT2D eigenvalue weighted by molar-refractivity contribution is 6.06. The van der Waals surface area contributed by atoms with E-state index in [9.17, 15) is 5.11 Å². The van der Waals surface area contributed by atoms with Crippen LogP contribution in [-0.2, 0) is 5.60 Å². The topological polar surface area (TPSA) is 99.6 Å². The molecular formula is C23H21N6O+. The number of nitrogens with two attached hydrogens (primary N) is 1. The van der Waals surface area contributed by atoms with E-state index in [-0.39, 0.29) is 4.59 Å². The van der Waals surface area contributed by atoms with Gasteiger partial charge in [0.15, 0.2) is 5.70 Å². The molecule has 7 nitrogen and oxygen atoms in total. The van der Waals surface area contributed by atoms with E-state index in [1.54, 1.807) is 31.7 Å². The van der Waals surface area contributed by atoms with Crippen LogP contribution in [0.5, 0.6) is 0 Å². The van der Waals surface area contributed by atoms with E-state index in [1.165, 1.54) is 0 Å². The smallest absolute Gasteiger partial charge is 0.265 e. The Kier molecular flexibility index (Phi) is 4.11. The van der Waals surface area contributed by atoms with Gasteiger partial charge < -0.3 is 5.11 Å². The van der Waals surface area contributed by atoms with Crippen LogP contribution in [0, 0.1) is 0 Å². The molecule has 3 heterocycles. The fraction of sp³-hybridized carbons (Fsp3) is 0.0870. The van der Waals surface area contributed by atoms with Gasteiger partial charge in [-0.3, -0.25) is 10.1 Å². The van der Waals surface area contributed by atoms with Gasteiger partial charge in [0.05, 0.1) is 23.7 Å². The number of aliphatic imine (C=N–C) groups is 2. The van der Waals surface area contributed by atoms with E-state index in [2.05, 4.69) is 15.2 Å². The maximum atomic E-state index is 11.1. The highest BCUT2D eigenvalue weighted by Gasteiger charge is 2.44. The van der Waals surface area contributed by atoms with Gasteiger partial charge >= 0.3 is 0 Å². The molecule has 0 bridgehead atoms. The lowest BCUT2D eigenvalue weighted by molar-refractivity contribution is -0.749. The molecule has 0 saturated heterocycles. The lowest BCUT2D eigenvalue weighted by atomic mass is 9.88. The van der Waals surface area contributed by atoms with Crippen LogP contribution in [0.15, 0.2) is 94.9 Å². The summed E-state index contributed by atoms with van der Waals surface area (Å²) in [4.78, 5) is 9.07. The first-order valence-corrected chi connectivity index (χ1v) is 9.61. The van der Waals surface area contributed by atoms with Crippen molar-refractivity contribution in [2.75, 3.05) is 0 Å². The molecule has 0 amide bonds. The molecule has 2 atom stereocenters. The van der Waals surface area contributed by atoms with Crippen LogP contribution in [0.25, 0.3) is 5.70 Å². The fourth-order valence-electron chi connectivity index (χ4n) is 3.84. The molecule has 148 valence electrons. The van der Waals surface area contributed by atoms with Crippen molar-refractivity contribution in [2.24, 2.45) is 15.8 Å². The standard InChI is InChI=1S/C23H21N6O/c1-23(30,17-5-3-2-4-6-17)18-9-7-16(8-10-18)22-27-21(19-11-12-26-28-19)20-15-25-13-14-29(20,22)24/h2-15,30H,24H2,1H3,(H,26,28)/q+1. The average molecular weight is 397 g/mol. The first kappa shape index (κ1) is 18.4. The van der Waals surface area contributed by atoms with E-state index in [0.29, 0.717) is 11.5 Å². The Bertz CT molecular complexity index is 1200. The predicted octanol–water partition coefficient (Wildman–Crippen LogP) is 3.04. The second-order valence-electron chi connectivity index (χ2n) is 7.51. The number of fused-ring (bicyclic) bond motifs is 1. The molecule has 7 heteroatoms. The maximum Gasteiger partial charge on any atom is 0.265 e. The molecule has 1 aromatic heterocycles. The zero-order chi connectivity index (χ0) is 20.8. The number of aromatic amines is 1. The fourth-order valence-corrected chi connectivity index (χ4v) is 3.84. The molecule has 0 radical (unpaired) electrons. The first-order chi connectivity index (χ1) is 14.5. The summed E-state index contributed by atoms with van der Waals surface area (Å²) in [6.45, 7) is 1.79. The Morgan fingerprint density at radius 1 is 1.00 bits per heavy atom. The van der Waals surface area contributed by atoms with Crippen molar-refractivity contribution in [1.29, 1.82) is 0 Å². The van der Waals surface area contributed by atoms with Crippen LogP contribution < -0.4 is 5.84 Å². The summed E-state index contributed by atoms with van der Waals surface area (Å²) in [6, 6.07) is 19.1. The number of amidine groups is 1. The molecule has 0 saturated carbocycles. The number of hydrogen-bond acceptors (Lipinski definition) is 5. The summed E-state index contributed by atoms with van der Waals surface area (Å²) < 4.78 is -0.0771. The largest absolute Gasteiger partial charge is 0.381 e. The Labute approximate surface area is 173 Å². The van der Waals surface area contributed by atoms with Crippen LogP contribution in [0.1, 0.15) is 29.3 Å². The summed E-state index contributed by atoms with van der Waals surface area (Å²) in [5, 5.41) is 18.1. The van der Waals surface area contributed by atoms with Gasteiger partial charge in [-0.2, -0.15) is 15.9 Å². The third kappa shape index (κ3) is 2.76. The minimum atomic E-state index is -1.10. The summed E-state index contributed by atoms with van der Waals surface area (Å²) in [6.07, 6.45) is 6.87. The number of aliphatic hydroxyl groups is 1. The second kappa shape index (κ2) is 6.70. The normalized spacial score (nSPS) is 22.0. The van der Waals surface area contributed by atoms with Crippen molar-refractivity contribution in [2.45, 2.75) is 12.5 Å². The van der Waals surface area contributed by atoms with Crippen LogP contribution in [-0.4, -0.2) is 31.9 Å². The maximum absolute atomic E-state index is 11.1. The number of allylic oxidation sites excluding steroid dienone is 1. The van der Waals surface area contributed by atoms with Gasteiger partial charge in [0.1, 0.15) is 11.8 Å². The van der Waals surface area contributed by atoms with E-state index >= 15 is 0 Å². The summed E-state index contributed by atoms with van der Waals surface area (Å²) in [5.74, 6) is 7.41. The molecule has 2 unspecified atom stereocenters. The van der Waals surface area contributed by atoms with Gasteiger partial charge in [0, 0.05) is 6.20 Å². The average Bonchev–Trinajstić information content (AvgIpc) is 3.40. The second-order valence-corrected chi connectivity index (χ2v) is 7.51. The zero-order valence-corrected chi connectivity index (χ0v) is 16.4. The molecule has 0 aliphatic carbocycles. The van der Waals surface area contributed by atoms with Gasteiger partial charge in [-0.15, -0.1) is 4.59 Å². The molecule has 0 fully saturated rings. The highest BCUT2D eigenvalue weighted by Crippen LogP contribution is 2.36. The van der Waals surface area contributed by atoms with Crippen LogP contribution in [0.4, 0.5) is 0 Å². The minimum absolute atomic E-state index is 0.0771. The number of benzene rings is 2. The Morgan fingerprint density at radius 3 is 2.43 bits per heavy atom. The third-order valence-corrected chi connectivity index (χ3v) is 5.59. The van der Waals surface area contributed by atoms with E-state index in [1.807, 2.05) is 60.7 Å². The quantitative estimate of drug-likeness (QED) is 0.466. The first-order valence-electron chi connectivity index (χ1n) is 9.61. The molecule has 3 aromatic rings. The summed E-state index contributed by atoms with van der Waals surface area (Å²) in [5.41, 5.74) is 3.62. The monoisotopic (exact) mass is 397 g/mol.